The van der Waals surface area contributed by atoms with Crippen LogP contribution in [0.15, 0.2) is 24.3 Å². The number of nitrogens with zero attached hydrogens (tertiary/aromatic N) is 1. The molecule has 0 aromatic heterocycles. The Balaban J connectivity index is 1.86. The lowest BCUT2D eigenvalue weighted by Crippen LogP contribution is -2.39. The van der Waals surface area contributed by atoms with Gasteiger partial charge in [0, 0.05) is 23.8 Å². The number of benzene rings is 1. The molecule has 0 radical (unpaired) electrons. The van der Waals surface area contributed by atoms with Gasteiger partial charge >= 0.3 is 0 Å². The fraction of sp³-hybridized carbons (Fsp3) is 0.667. The first-order valence-electron chi connectivity index (χ1n) is 8.07. The first-order valence-corrected chi connectivity index (χ1v) is 8.07. The summed E-state index contributed by atoms with van der Waals surface area (Å²) in [6, 6.07) is 9.55. The van der Waals surface area contributed by atoms with Crippen molar-refractivity contribution >= 4 is 5.69 Å². The van der Waals surface area contributed by atoms with Gasteiger partial charge < -0.3 is 10.2 Å². The smallest absolute Gasteiger partial charge is 0.0401 e. The highest BCUT2D eigenvalue weighted by Gasteiger charge is 2.20. The van der Waals surface area contributed by atoms with Gasteiger partial charge in [-0.05, 0) is 71.6 Å². The summed E-state index contributed by atoms with van der Waals surface area (Å²) in [5.41, 5.74) is 3.23. The minimum atomic E-state index is 0.237. The van der Waals surface area contributed by atoms with Gasteiger partial charge in [0.2, 0.25) is 0 Å². The van der Waals surface area contributed by atoms with E-state index in [-0.39, 0.29) is 5.54 Å². The molecule has 20 heavy (non-hydrogen) atoms. The van der Waals surface area contributed by atoms with Crippen LogP contribution in [-0.2, 0) is 6.42 Å². The first-order chi connectivity index (χ1) is 9.47. The fourth-order valence-corrected chi connectivity index (χ4v) is 3.04. The Labute approximate surface area is 124 Å². The molecular formula is C18H30N2. The summed E-state index contributed by atoms with van der Waals surface area (Å²) in [6.45, 7) is 11.4. The maximum absolute atomic E-state index is 3.58. The van der Waals surface area contributed by atoms with Gasteiger partial charge in [-0.2, -0.15) is 0 Å². The third kappa shape index (κ3) is 4.24. The molecule has 0 bridgehead atoms. The maximum atomic E-state index is 3.58. The normalized spacial score (nSPS) is 16.9. The Morgan fingerprint density at radius 2 is 2.00 bits per heavy atom. The van der Waals surface area contributed by atoms with Crippen molar-refractivity contribution in [2.45, 2.75) is 65.0 Å². The van der Waals surface area contributed by atoms with E-state index >= 15 is 0 Å². The van der Waals surface area contributed by atoms with Crippen molar-refractivity contribution in [1.82, 2.24) is 5.32 Å². The van der Waals surface area contributed by atoms with E-state index in [1.165, 1.54) is 43.5 Å². The molecule has 1 unspecified atom stereocenters. The van der Waals surface area contributed by atoms with E-state index < -0.39 is 0 Å². The summed E-state index contributed by atoms with van der Waals surface area (Å²) < 4.78 is 0. The van der Waals surface area contributed by atoms with Crippen molar-refractivity contribution in [2.24, 2.45) is 0 Å². The number of aryl methyl sites for hydroxylation is 1. The fourth-order valence-electron chi connectivity index (χ4n) is 3.04. The molecule has 112 valence electrons. The van der Waals surface area contributed by atoms with E-state index in [0.29, 0.717) is 6.04 Å². The second kappa shape index (κ2) is 6.62. The van der Waals surface area contributed by atoms with Crippen LogP contribution in [0.25, 0.3) is 0 Å². The number of fused-ring (bicyclic) bond motifs is 1. The highest BCUT2D eigenvalue weighted by atomic mass is 15.2. The third-order valence-corrected chi connectivity index (χ3v) is 4.13. The summed E-state index contributed by atoms with van der Waals surface area (Å²) in [5.74, 6) is 0. The zero-order chi connectivity index (χ0) is 14.6. The standard InChI is InChI=1S/C18H30N2/c1-15(9-7-13-19-18(2,3)4)20-14-8-11-16-10-5-6-12-17(16)20/h5-6,10,12,15,19H,7-9,11,13-14H2,1-4H3. The van der Waals surface area contributed by atoms with Gasteiger partial charge in [0.05, 0.1) is 0 Å². The largest absolute Gasteiger partial charge is 0.369 e. The molecule has 2 heteroatoms. The van der Waals surface area contributed by atoms with E-state index in [1.54, 1.807) is 0 Å². The number of anilines is 1. The molecular weight excluding hydrogens is 244 g/mol. The molecule has 0 amide bonds. The van der Waals surface area contributed by atoms with E-state index in [9.17, 15) is 0 Å². The average molecular weight is 274 g/mol. The summed E-state index contributed by atoms with van der Waals surface area (Å²) in [6.07, 6.45) is 5.04. The molecule has 1 aliphatic heterocycles. The van der Waals surface area contributed by atoms with E-state index in [1.807, 2.05) is 0 Å². The van der Waals surface area contributed by atoms with Crippen LogP contribution in [0.5, 0.6) is 0 Å². The van der Waals surface area contributed by atoms with Gasteiger partial charge in [-0.1, -0.05) is 18.2 Å². The second-order valence-electron chi connectivity index (χ2n) is 7.09. The predicted molar refractivity (Wildman–Crippen MR) is 88.6 cm³/mol. The van der Waals surface area contributed by atoms with Crippen LogP contribution in [-0.4, -0.2) is 24.7 Å². The van der Waals surface area contributed by atoms with Crippen molar-refractivity contribution < 1.29 is 0 Å². The molecule has 1 atom stereocenters. The predicted octanol–water partition coefficient (Wildman–Crippen LogP) is 4.00. The van der Waals surface area contributed by atoms with E-state index in [0.717, 1.165) is 6.54 Å². The third-order valence-electron chi connectivity index (χ3n) is 4.13. The summed E-state index contributed by atoms with van der Waals surface area (Å²) >= 11 is 0. The van der Waals surface area contributed by atoms with Crippen molar-refractivity contribution in [3.63, 3.8) is 0 Å². The van der Waals surface area contributed by atoms with E-state index in [4.69, 9.17) is 0 Å². The summed E-state index contributed by atoms with van der Waals surface area (Å²) in [7, 11) is 0. The average Bonchev–Trinajstić information content (AvgIpc) is 2.41. The lowest BCUT2D eigenvalue weighted by atomic mass is 9.99. The Hall–Kier alpha value is -1.02. The van der Waals surface area contributed by atoms with Crippen LogP contribution >= 0.6 is 0 Å². The molecule has 1 aromatic carbocycles. The van der Waals surface area contributed by atoms with Gasteiger partial charge in [0.15, 0.2) is 0 Å². The molecule has 0 saturated carbocycles. The topological polar surface area (TPSA) is 15.3 Å². The van der Waals surface area contributed by atoms with Gasteiger partial charge in [-0.3, -0.25) is 0 Å². The molecule has 0 aliphatic carbocycles. The molecule has 1 aromatic rings. The molecule has 1 aliphatic rings. The van der Waals surface area contributed by atoms with Crippen LogP contribution < -0.4 is 10.2 Å². The number of nitrogens with one attached hydrogen (secondary N) is 1. The Bertz CT molecular complexity index is 420. The Kier molecular flexibility index (Phi) is 5.09. The highest BCUT2D eigenvalue weighted by molar-refractivity contribution is 5.56. The van der Waals surface area contributed by atoms with Crippen molar-refractivity contribution in [1.29, 1.82) is 0 Å². The maximum Gasteiger partial charge on any atom is 0.0401 e. The molecule has 0 spiro atoms. The van der Waals surface area contributed by atoms with Gasteiger partial charge in [0.25, 0.3) is 0 Å². The second-order valence-corrected chi connectivity index (χ2v) is 7.09. The lowest BCUT2D eigenvalue weighted by molar-refractivity contribution is 0.410. The molecule has 2 rings (SSSR count). The zero-order valence-corrected chi connectivity index (χ0v) is 13.6. The van der Waals surface area contributed by atoms with Gasteiger partial charge in [-0.25, -0.2) is 0 Å². The van der Waals surface area contributed by atoms with E-state index in [2.05, 4.69) is 62.2 Å². The number of hydrogen-bond acceptors (Lipinski definition) is 2. The van der Waals surface area contributed by atoms with Crippen LogP contribution in [0.2, 0.25) is 0 Å². The van der Waals surface area contributed by atoms with Crippen molar-refractivity contribution in [3.8, 4) is 0 Å². The monoisotopic (exact) mass is 274 g/mol. The molecule has 0 saturated heterocycles. The number of para-hydroxylation sites is 1. The Morgan fingerprint density at radius 1 is 1.25 bits per heavy atom. The number of rotatable bonds is 5. The Morgan fingerprint density at radius 3 is 2.75 bits per heavy atom. The van der Waals surface area contributed by atoms with Gasteiger partial charge in [0.1, 0.15) is 0 Å². The quantitative estimate of drug-likeness (QED) is 0.817. The minimum absolute atomic E-state index is 0.237. The minimum Gasteiger partial charge on any atom is -0.369 e. The summed E-state index contributed by atoms with van der Waals surface area (Å²) in [5, 5.41) is 3.58. The SMILES string of the molecule is CC(CCCNC(C)(C)C)N1CCCc2ccccc21. The molecule has 2 nitrogen and oxygen atoms in total. The number of hydrogen-bond donors (Lipinski definition) is 1. The molecule has 1 N–H and O–H groups in total. The molecule has 0 fully saturated rings. The zero-order valence-electron chi connectivity index (χ0n) is 13.6. The van der Waals surface area contributed by atoms with Crippen molar-refractivity contribution in [3.05, 3.63) is 29.8 Å². The first kappa shape index (κ1) is 15.4. The van der Waals surface area contributed by atoms with Crippen LogP contribution in [0.3, 0.4) is 0 Å². The van der Waals surface area contributed by atoms with Crippen LogP contribution in [0, 0.1) is 0 Å². The highest BCUT2D eigenvalue weighted by Crippen LogP contribution is 2.29. The van der Waals surface area contributed by atoms with Crippen LogP contribution in [0.1, 0.15) is 52.5 Å². The summed E-state index contributed by atoms with van der Waals surface area (Å²) in [4.78, 5) is 2.61. The lowest BCUT2D eigenvalue weighted by Gasteiger charge is -2.36. The van der Waals surface area contributed by atoms with Gasteiger partial charge in [-0.15, -0.1) is 0 Å². The van der Waals surface area contributed by atoms with Crippen molar-refractivity contribution in [2.75, 3.05) is 18.0 Å². The van der Waals surface area contributed by atoms with Crippen LogP contribution in [0.4, 0.5) is 5.69 Å². The molecule has 1 heterocycles.